The Balaban J connectivity index is 2.95. The molecule has 0 aromatic carbocycles. The van der Waals surface area contributed by atoms with Crippen molar-refractivity contribution in [3.05, 3.63) is 0 Å². The number of carbonyl (C=O) groups excluding carboxylic acids is 2. The highest BCUT2D eigenvalue weighted by Crippen LogP contribution is 2.58. The van der Waals surface area contributed by atoms with E-state index in [9.17, 15) is 14.7 Å². The van der Waals surface area contributed by atoms with Crippen molar-refractivity contribution in [3.8, 4) is 0 Å². The second-order valence-electron chi connectivity index (χ2n) is 7.43. The molecule has 134 valence electrons. The molecular formula is C18H32O5. The number of ether oxygens (including phenoxy) is 2. The van der Waals surface area contributed by atoms with Crippen molar-refractivity contribution in [2.24, 2.45) is 10.8 Å². The molecule has 5 nitrogen and oxygen atoms in total. The first kappa shape index (κ1) is 19.9. The van der Waals surface area contributed by atoms with Crippen LogP contribution in [0.2, 0.25) is 0 Å². The van der Waals surface area contributed by atoms with E-state index in [1.165, 1.54) is 20.6 Å². The Morgan fingerprint density at radius 1 is 0.957 bits per heavy atom. The molecule has 0 amide bonds. The molecule has 0 spiro atoms. The average molecular weight is 328 g/mol. The quantitative estimate of drug-likeness (QED) is 0.547. The summed E-state index contributed by atoms with van der Waals surface area (Å²) in [7, 11) is 2.66. The lowest BCUT2D eigenvalue weighted by atomic mass is 9.73. The predicted octanol–water partition coefficient (Wildman–Crippen LogP) is 3.23. The first-order valence-corrected chi connectivity index (χ1v) is 8.58. The Morgan fingerprint density at radius 3 is 2.04 bits per heavy atom. The summed E-state index contributed by atoms with van der Waals surface area (Å²) in [6.07, 6.45) is 6.27. The van der Waals surface area contributed by atoms with Gasteiger partial charge >= 0.3 is 11.9 Å². The van der Waals surface area contributed by atoms with Gasteiger partial charge in [0.2, 0.25) is 0 Å². The number of carbonyl (C=O) groups is 2. The normalized spacial score (nSPS) is 33.5. The minimum atomic E-state index is -1.24. The Labute approximate surface area is 139 Å². The summed E-state index contributed by atoms with van der Waals surface area (Å²) in [6, 6.07) is 0. The van der Waals surface area contributed by atoms with Gasteiger partial charge in [0.15, 0.2) is 0 Å². The molecule has 0 unspecified atom stereocenters. The van der Waals surface area contributed by atoms with Gasteiger partial charge in [-0.25, -0.2) is 0 Å². The van der Waals surface area contributed by atoms with Gasteiger partial charge < -0.3 is 14.6 Å². The number of hydrogen-bond donors (Lipinski definition) is 1. The van der Waals surface area contributed by atoms with Crippen LogP contribution in [0.25, 0.3) is 0 Å². The zero-order valence-corrected chi connectivity index (χ0v) is 15.2. The zero-order chi connectivity index (χ0) is 17.7. The van der Waals surface area contributed by atoms with Crippen molar-refractivity contribution in [1.29, 1.82) is 0 Å². The standard InChI is InChI=1S/C18H32O5/c1-6-7-8-9-10-11-18(21)13-16(2,14(19)22-4)12-17(18,3)15(20)23-5/h21H,6-13H2,1-5H3/t16-,17+,18+/m0/s1. The zero-order valence-electron chi connectivity index (χ0n) is 15.2. The summed E-state index contributed by atoms with van der Waals surface area (Å²) in [5.74, 6) is -0.837. The molecule has 1 N–H and O–H groups in total. The molecule has 1 aliphatic carbocycles. The highest BCUT2D eigenvalue weighted by Gasteiger charge is 2.65. The Morgan fingerprint density at radius 2 is 1.52 bits per heavy atom. The molecule has 0 radical (unpaired) electrons. The fraction of sp³-hybridized carbons (Fsp3) is 0.889. The van der Waals surface area contributed by atoms with Crippen LogP contribution >= 0.6 is 0 Å². The van der Waals surface area contributed by atoms with Crippen LogP contribution in [0.5, 0.6) is 0 Å². The smallest absolute Gasteiger partial charge is 0.314 e. The lowest BCUT2D eigenvalue weighted by Crippen LogP contribution is -2.47. The molecule has 1 fully saturated rings. The maximum Gasteiger partial charge on any atom is 0.314 e. The molecule has 0 aromatic heterocycles. The van der Waals surface area contributed by atoms with Gasteiger partial charge in [0, 0.05) is 0 Å². The highest BCUT2D eigenvalue weighted by atomic mass is 16.5. The summed E-state index contributed by atoms with van der Waals surface area (Å²) >= 11 is 0. The molecule has 3 atom stereocenters. The Bertz CT molecular complexity index is 435. The van der Waals surface area contributed by atoms with Gasteiger partial charge in [-0.2, -0.15) is 0 Å². The van der Waals surface area contributed by atoms with Crippen LogP contribution in [0, 0.1) is 10.8 Å². The predicted molar refractivity (Wildman–Crippen MR) is 87.8 cm³/mol. The van der Waals surface area contributed by atoms with Crippen LogP contribution in [-0.2, 0) is 19.1 Å². The van der Waals surface area contributed by atoms with Crippen LogP contribution < -0.4 is 0 Å². The van der Waals surface area contributed by atoms with Crippen molar-refractivity contribution >= 4 is 11.9 Å². The van der Waals surface area contributed by atoms with Crippen molar-refractivity contribution in [1.82, 2.24) is 0 Å². The molecule has 23 heavy (non-hydrogen) atoms. The first-order chi connectivity index (χ1) is 10.7. The molecule has 1 rings (SSSR count). The molecule has 0 aromatic rings. The first-order valence-electron chi connectivity index (χ1n) is 8.58. The highest BCUT2D eigenvalue weighted by molar-refractivity contribution is 5.83. The summed E-state index contributed by atoms with van der Waals surface area (Å²) in [4.78, 5) is 24.5. The molecule has 1 saturated carbocycles. The van der Waals surface area contributed by atoms with Crippen LogP contribution in [0.3, 0.4) is 0 Å². The third kappa shape index (κ3) is 3.87. The summed E-state index contributed by atoms with van der Waals surface area (Å²) in [5, 5.41) is 11.2. The number of esters is 2. The molecule has 0 heterocycles. The van der Waals surface area contributed by atoms with E-state index < -0.39 is 22.4 Å². The minimum Gasteiger partial charge on any atom is -0.469 e. The van der Waals surface area contributed by atoms with Crippen LogP contribution in [0.1, 0.15) is 72.1 Å². The molecule has 5 heteroatoms. The van der Waals surface area contributed by atoms with Gasteiger partial charge in [-0.05, 0) is 33.1 Å². The number of methoxy groups -OCH3 is 2. The lowest BCUT2D eigenvalue weighted by molar-refractivity contribution is -0.167. The van der Waals surface area contributed by atoms with Crippen LogP contribution in [-0.4, -0.2) is 36.9 Å². The number of hydrogen-bond acceptors (Lipinski definition) is 5. The van der Waals surface area contributed by atoms with Crippen molar-refractivity contribution in [2.75, 3.05) is 14.2 Å². The average Bonchev–Trinajstić information content (AvgIpc) is 2.73. The second-order valence-corrected chi connectivity index (χ2v) is 7.43. The van der Waals surface area contributed by atoms with Gasteiger partial charge in [-0.15, -0.1) is 0 Å². The van der Waals surface area contributed by atoms with E-state index in [1.54, 1.807) is 13.8 Å². The van der Waals surface area contributed by atoms with Gasteiger partial charge in [-0.1, -0.05) is 39.0 Å². The van der Waals surface area contributed by atoms with E-state index in [1.807, 2.05) is 0 Å². The molecule has 0 bridgehead atoms. The lowest BCUT2D eigenvalue weighted by Gasteiger charge is -2.37. The molecular weight excluding hydrogens is 296 g/mol. The summed E-state index contributed by atoms with van der Waals surface area (Å²) in [5.41, 5.74) is -3.19. The fourth-order valence-corrected chi connectivity index (χ4v) is 4.11. The van der Waals surface area contributed by atoms with E-state index in [0.29, 0.717) is 6.42 Å². The third-order valence-corrected chi connectivity index (χ3v) is 5.46. The van der Waals surface area contributed by atoms with Gasteiger partial charge in [-0.3, -0.25) is 9.59 Å². The maximum absolute atomic E-state index is 12.4. The second kappa shape index (κ2) is 7.65. The van der Waals surface area contributed by atoms with Gasteiger partial charge in [0.05, 0.1) is 30.7 Å². The van der Waals surface area contributed by atoms with Crippen LogP contribution in [0.15, 0.2) is 0 Å². The van der Waals surface area contributed by atoms with Crippen molar-refractivity contribution in [3.63, 3.8) is 0 Å². The van der Waals surface area contributed by atoms with Gasteiger partial charge in [0.25, 0.3) is 0 Å². The largest absolute Gasteiger partial charge is 0.469 e. The van der Waals surface area contributed by atoms with E-state index >= 15 is 0 Å². The van der Waals surface area contributed by atoms with Crippen molar-refractivity contribution < 1.29 is 24.2 Å². The van der Waals surface area contributed by atoms with E-state index in [0.717, 1.165) is 25.7 Å². The van der Waals surface area contributed by atoms with E-state index in [4.69, 9.17) is 9.47 Å². The number of rotatable bonds is 8. The molecule has 1 aliphatic rings. The minimum absolute atomic E-state index is 0.228. The Kier molecular flexibility index (Phi) is 6.63. The topological polar surface area (TPSA) is 72.8 Å². The van der Waals surface area contributed by atoms with E-state index in [2.05, 4.69) is 6.92 Å². The maximum atomic E-state index is 12.4. The third-order valence-electron chi connectivity index (χ3n) is 5.46. The number of unbranched alkanes of at least 4 members (excludes halogenated alkanes) is 4. The monoisotopic (exact) mass is 328 g/mol. The number of aliphatic hydroxyl groups is 1. The van der Waals surface area contributed by atoms with Crippen LogP contribution in [0.4, 0.5) is 0 Å². The molecule has 0 aliphatic heterocycles. The van der Waals surface area contributed by atoms with Crippen molar-refractivity contribution in [2.45, 2.75) is 77.7 Å². The Hall–Kier alpha value is -1.10. The summed E-state index contributed by atoms with van der Waals surface area (Å²) in [6.45, 7) is 5.62. The summed E-state index contributed by atoms with van der Waals surface area (Å²) < 4.78 is 9.83. The molecule has 0 saturated heterocycles. The van der Waals surface area contributed by atoms with E-state index in [-0.39, 0.29) is 18.8 Å². The fourth-order valence-electron chi connectivity index (χ4n) is 4.11. The SMILES string of the molecule is CCCCCCC[C@@]1(O)C[C@@](C)(C(=O)OC)C[C@]1(C)C(=O)OC. The van der Waals surface area contributed by atoms with Gasteiger partial charge in [0.1, 0.15) is 0 Å².